The number of nitrogens with one attached hydrogen (secondary N) is 1. The number of rotatable bonds is 6. The van der Waals surface area contributed by atoms with Crippen molar-refractivity contribution in [1.29, 1.82) is 0 Å². The molecule has 0 unspecified atom stereocenters. The fourth-order valence-electron chi connectivity index (χ4n) is 5.34. The monoisotopic (exact) mass is 513 g/mol. The lowest BCUT2D eigenvalue weighted by Crippen LogP contribution is -2.34. The first-order chi connectivity index (χ1) is 17.0. The molecule has 182 valence electrons. The van der Waals surface area contributed by atoms with Crippen molar-refractivity contribution in [3.63, 3.8) is 0 Å². The standard InChI is InChI=1S/C24H24ClN5O4S/c1-33-15-5-4-6-16-18(15)14-11-29(10-13(14)12-34-16)7-2-3-8-30-23(31)21-19(28-24(30)32)20-22(35-21)26-9-17(25)27-20/h4-6,9,13-14H,2-3,7-8,10-12H2,1H3,(H,28,32)/t13-,14+/m0/s1. The summed E-state index contributed by atoms with van der Waals surface area (Å²) in [5, 5.41) is 0.220. The van der Waals surface area contributed by atoms with Crippen molar-refractivity contribution in [2.75, 3.05) is 33.4 Å². The van der Waals surface area contributed by atoms with Gasteiger partial charge in [0.25, 0.3) is 5.56 Å². The van der Waals surface area contributed by atoms with Gasteiger partial charge in [-0.3, -0.25) is 9.36 Å². The molecule has 0 aliphatic carbocycles. The molecule has 2 aliphatic heterocycles. The van der Waals surface area contributed by atoms with Crippen molar-refractivity contribution in [1.82, 2.24) is 24.4 Å². The minimum atomic E-state index is -0.433. The molecule has 9 nitrogen and oxygen atoms in total. The highest BCUT2D eigenvalue weighted by atomic mass is 35.5. The minimum absolute atomic E-state index is 0.220. The molecule has 1 N–H and O–H groups in total. The molecule has 0 spiro atoms. The Labute approximate surface area is 209 Å². The topological polar surface area (TPSA) is 102 Å². The van der Waals surface area contributed by atoms with E-state index in [4.69, 9.17) is 21.1 Å². The molecule has 35 heavy (non-hydrogen) atoms. The van der Waals surface area contributed by atoms with E-state index in [2.05, 4.69) is 19.9 Å². The van der Waals surface area contributed by atoms with Gasteiger partial charge in [0.1, 0.15) is 31.7 Å². The van der Waals surface area contributed by atoms with Crippen LogP contribution in [0.1, 0.15) is 24.3 Å². The Hall–Kier alpha value is -2.95. The van der Waals surface area contributed by atoms with Crippen molar-refractivity contribution in [2.45, 2.75) is 25.3 Å². The number of nitrogens with zero attached hydrogens (tertiary/aromatic N) is 4. The van der Waals surface area contributed by atoms with E-state index in [1.54, 1.807) is 7.11 Å². The normalized spacial score (nSPS) is 19.6. The number of aromatic nitrogens is 4. The third-order valence-electron chi connectivity index (χ3n) is 6.98. The van der Waals surface area contributed by atoms with Crippen LogP contribution in [0.25, 0.3) is 20.6 Å². The molecule has 0 saturated carbocycles. The molecular formula is C24H24ClN5O4S. The second kappa shape index (κ2) is 8.92. The molecule has 0 radical (unpaired) electrons. The molecule has 5 heterocycles. The molecule has 6 rings (SSSR count). The molecule has 2 atom stereocenters. The number of hydrogen-bond donors (Lipinski definition) is 1. The number of hydrogen-bond acceptors (Lipinski definition) is 8. The maximum absolute atomic E-state index is 13.0. The minimum Gasteiger partial charge on any atom is -0.496 e. The molecule has 3 aromatic heterocycles. The summed E-state index contributed by atoms with van der Waals surface area (Å²) in [7, 11) is 1.70. The van der Waals surface area contributed by atoms with Crippen LogP contribution >= 0.6 is 22.9 Å². The van der Waals surface area contributed by atoms with E-state index in [1.807, 2.05) is 18.2 Å². The summed E-state index contributed by atoms with van der Waals surface area (Å²) in [5.41, 5.74) is 1.30. The predicted molar refractivity (Wildman–Crippen MR) is 135 cm³/mol. The zero-order chi connectivity index (χ0) is 24.1. The Bertz CT molecular complexity index is 1530. The van der Waals surface area contributed by atoms with Crippen LogP contribution in [0.5, 0.6) is 11.5 Å². The van der Waals surface area contributed by atoms with Gasteiger partial charge in [0.2, 0.25) is 0 Å². The second-order valence-corrected chi connectivity index (χ2v) is 10.4. The highest BCUT2D eigenvalue weighted by Gasteiger charge is 2.40. The summed E-state index contributed by atoms with van der Waals surface area (Å²) in [6, 6.07) is 5.98. The lowest BCUT2D eigenvalue weighted by molar-refractivity contribution is 0.209. The van der Waals surface area contributed by atoms with Crippen molar-refractivity contribution in [2.24, 2.45) is 5.92 Å². The van der Waals surface area contributed by atoms with Crippen LogP contribution in [0.15, 0.2) is 34.0 Å². The Morgan fingerprint density at radius 2 is 2.11 bits per heavy atom. The number of methoxy groups -OCH3 is 1. The number of aromatic amines is 1. The first kappa shape index (κ1) is 22.5. The number of halogens is 1. The van der Waals surface area contributed by atoms with Gasteiger partial charge in [0.15, 0.2) is 0 Å². The number of fused-ring (bicyclic) bond motifs is 6. The summed E-state index contributed by atoms with van der Waals surface area (Å²) in [6.07, 6.45) is 3.04. The fourth-order valence-corrected chi connectivity index (χ4v) is 6.47. The Morgan fingerprint density at radius 3 is 2.97 bits per heavy atom. The number of likely N-dealkylation sites (tertiary alicyclic amines) is 1. The lowest BCUT2D eigenvalue weighted by atomic mass is 9.86. The molecule has 1 saturated heterocycles. The predicted octanol–water partition coefficient (Wildman–Crippen LogP) is 3.24. The maximum atomic E-state index is 13.0. The Balaban J connectivity index is 1.13. The van der Waals surface area contributed by atoms with Crippen LogP contribution < -0.4 is 20.7 Å². The zero-order valence-corrected chi connectivity index (χ0v) is 20.7. The largest absolute Gasteiger partial charge is 0.496 e. The smallest absolute Gasteiger partial charge is 0.328 e. The summed E-state index contributed by atoms with van der Waals surface area (Å²) in [5.74, 6) is 2.65. The number of thiophene rings is 1. The van der Waals surface area contributed by atoms with Crippen molar-refractivity contribution >= 4 is 43.5 Å². The van der Waals surface area contributed by atoms with Gasteiger partial charge in [-0.15, -0.1) is 11.3 Å². The maximum Gasteiger partial charge on any atom is 0.328 e. The summed E-state index contributed by atoms with van der Waals surface area (Å²) >= 11 is 7.17. The first-order valence-corrected chi connectivity index (χ1v) is 12.8. The van der Waals surface area contributed by atoms with Gasteiger partial charge in [0, 0.05) is 37.0 Å². The van der Waals surface area contributed by atoms with Gasteiger partial charge in [-0.25, -0.2) is 14.8 Å². The number of unbranched alkanes of at least 4 members (excludes halogenated alkanes) is 1. The van der Waals surface area contributed by atoms with E-state index in [9.17, 15) is 9.59 Å². The van der Waals surface area contributed by atoms with Crippen LogP contribution in [0.4, 0.5) is 0 Å². The molecule has 4 aromatic rings. The van der Waals surface area contributed by atoms with Crippen LogP contribution in [-0.4, -0.2) is 57.8 Å². The summed E-state index contributed by atoms with van der Waals surface area (Å²) in [6.45, 7) is 3.91. The molecule has 1 fully saturated rings. The van der Waals surface area contributed by atoms with Crippen LogP contribution in [0.3, 0.4) is 0 Å². The molecule has 0 bridgehead atoms. The number of benzene rings is 1. The number of H-pyrrole nitrogens is 1. The van der Waals surface area contributed by atoms with Crippen LogP contribution in [-0.2, 0) is 6.54 Å². The van der Waals surface area contributed by atoms with Gasteiger partial charge in [-0.1, -0.05) is 17.7 Å². The third-order valence-corrected chi connectivity index (χ3v) is 8.24. The highest BCUT2D eigenvalue weighted by molar-refractivity contribution is 7.25. The molecule has 11 heteroatoms. The molecule has 1 aromatic carbocycles. The fraction of sp³-hybridized carbons (Fsp3) is 0.417. The average Bonchev–Trinajstić information content (AvgIpc) is 3.44. The van der Waals surface area contributed by atoms with E-state index < -0.39 is 5.69 Å². The van der Waals surface area contributed by atoms with E-state index in [-0.39, 0.29) is 10.7 Å². The third kappa shape index (κ3) is 3.89. The first-order valence-electron chi connectivity index (χ1n) is 11.6. The highest BCUT2D eigenvalue weighted by Crippen LogP contribution is 2.46. The van der Waals surface area contributed by atoms with Crippen LogP contribution in [0, 0.1) is 5.92 Å². The zero-order valence-electron chi connectivity index (χ0n) is 19.1. The number of ether oxygens (including phenoxy) is 2. The summed E-state index contributed by atoms with van der Waals surface area (Å²) in [4.78, 5) is 40.0. The van der Waals surface area contributed by atoms with E-state index in [0.717, 1.165) is 50.6 Å². The molecular weight excluding hydrogens is 490 g/mol. The van der Waals surface area contributed by atoms with Gasteiger partial charge < -0.3 is 19.4 Å². The van der Waals surface area contributed by atoms with Gasteiger partial charge in [0.05, 0.1) is 25.4 Å². The quantitative estimate of drug-likeness (QED) is 0.395. The Kier molecular flexibility index (Phi) is 5.74. The van der Waals surface area contributed by atoms with E-state index in [1.165, 1.54) is 27.7 Å². The van der Waals surface area contributed by atoms with Crippen molar-refractivity contribution in [3.05, 3.63) is 56.0 Å². The van der Waals surface area contributed by atoms with Gasteiger partial charge in [-0.2, -0.15) is 0 Å². The van der Waals surface area contributed by atoms with Crippen molar-refractivity contribution in [3.8, 4) is 11.5 Å². The average molecular weight is 514 g/mol. The van der Waals surface area contributed by atoms with E-state index in [0.29, 0.717) is 38.9 Å². The summed E-state index contributed by atoms with van der Waals surface area (Å²) < 4.78 is 13.3. The molecule has 2 aliphatic rings. The van der Waals surface area contributed by atoms with Gasteiger partial charge in [-0.05, 0) is 31.5 Å². The second-order valence-electron chi connectivity index (χ2n) is 9.06. The van der Waals surface area contributed by atoms with E-state index >= 15 is 0 Å². The lowest BCUT2D eigenvalue weighted by Gasteiger charge is -2.29. The Morgan fingerprint density at radius 1 is 1.26 bits per heavy atom. The van der Waals surface area contributed by atoms with Crippen LogP contribution in [0.2, 0.25) is 5.15 Å². The SMILES string of the molecule is COc1cccc2c1[C@@H]1CN(CCCCn3c(=O)[nH]c4c(sc5ncc(Cl)nc54)c3=O)C[C@H]1CO2. The van der Waals surface area contributed by atoms with Crippen molar-refractivity contribution < 1.29 is 9.47 Å². The molecule has 0 amide bonds. The van der Waals surface area contributed by atoms with Gasteiger partial charge >= 0.3 is 5.69 Å².